The Kier molecular flexibility index (Phi) is 3.40. The first kappa shape index (κ1) is 10.9. The fraction of sp³-hybridized carbons (Fsp3) is 0.250. The molecule has 0 aliphatic heterocycles. The van der Waals surface area contributed by atoms with Crippen molar-refractivity contribution in [2.24, 2.45) is 0 Å². The SMILES string of the molecule is CCc1cccc(C)c1Cc1ccccc1. The monoisotopic (exact) mass is 210 g/mol. The molecule has 0 fully saturated rings. The second kappa shape index (κ2) is 4.98. The summed E-state index contributed by atoms with van der Waals surface area (Å²) in [7, 11) is 0. The van der Waals surface area contributed by atoms with E-state index in [0.717, 1.165) is 12.8 Å². The van der Waals surface area contributed by atoms with Gasteiger partial charge in [0.25, 0.3) is 0 Å². The van der Waals surface area contributed by atoms with E-state index in [1.807, 2.05) is 0 Å². The summed E-state index contributed by atoms with van der Waals surface area (Å²) < 4.78 is 0. The van der Waals surface area contributed by atoms with Gasteiger partial charge in [0.2, 0.25) is 0 Å². The fourth-order valence-electron chi connectivity index (χ4n) is 2.15. The Labute approximate surface area is 97.9 Å². The highest BCUT2D eigenvalue weighted by atomic mass is 14.1. The lowest BCUT2D eigenvalue weighted by molar-refractivity contribution is 1.04. The van der Waals surface area contributed by atoms with E-state index in [4.69, 9.17) is 0 Å². The van der Waals surface area contributed by atoms with Crippen LogP contribution in [0.1, 0.15) is 29.2 Å². The summed E-state index contributed by atoms with van der Waals surface area (Å²) in [5, 5.41) is 0. The fourth-order valence-corrected chi connectivity index (χ4v) is 2.15. The predicted octanol–water partition coefficient (Wildman–Crippen LogP) is 4.15. The van der Waals surface area contributed by atoms with Crippen LogP contribution in [0.2, 0.25) is 0 Å². The zero-order valence-corrected chi connectivity index (χ0v) is 10.0. The molecule has 0 aliphatic carbocycles. The molecule has 0 aliphatic rings. The number of rotatable bonds is 3. The standard InChI is InChI=1S/C16H18/c1-3-15-11-7-8-13(2)16(15)12-14-9-5-4-6-10-14/h4-11H,3,12H2,1-2H3. The minimum Gasteiger partial charge on any atom is -0.0622 e. The third-order valence-corrected chi connectivity index (χ3v) is 3.11. The van der Waals surface area contributed by atoms with E-state index >= 15 is 0 Å². The first-order valence-electron chi connectivity index (χ1n) is 5.92. The molecule has 0 saturated carbocycles. The van der Waals surface area contributed by atoms with Gasteiger partial charge in [-0.05, 0) is 42.0 Å². The zero-order valence-electron chi connectivity index (χ0n) is 10.0. The molecule has 82 valence electrons. The van der Waals surface area contributed by atoms with E-state index in [-0.39, 0.29) is 0 Å². The van der Waals surface area contributed by atoms with E-state index in [9.17, 15) is 0 Å². The van der Waals surface area contributed by atoms with Gasteiger partial charge in [-0.25, -0.2) is 0 Å². The molecule has 2 aromatic carbocycles. The summed E-state index contributed by atoms with van der Waals surface area (Å²) in [6.07, 6.45) is 2.17. The van der Waals surface area contributed by atoms with Crippen LogP contribution < -0.4 is 0 Å². The Bertz CT molecular complexity index is 455. The van der Waals surface area contributed by atoms with E-state index in [2.05, 4.69) is 62.4 Å². The van der Waals surface area contributed by atoms with Gasteiger partial charge in [-0.15, -0.1) is 0 Å². The van der Waals surface area contributed by atoms with Crippen LogP contribution >= 0.6 is 0 Å². The molecular formula is C16H18. The van der Waals surface area contributed by atoms with Crippen molar-refractivity contribution >= 4 is 0 Å². The summed E-state index contributed by atoms with van der Waals surface area (Å²) in [5.74, 6) is 0. The van der Waals surface area contributed by atoms with Crippen molar-refractivity contribution in [1.82, 2.24) is 0 Å². The van der Waals surface area contributed by atoms with Crippen LogP contribution in [0.4, 0.5) is 0 Å². The van der Waals surface area contributed by atoms with Gasteiger partial charge >= 0.3 is 0 Å². The van der Waals surface area contributed by atoms with Gasteiger partial charge in [0.15, 0.2) is 0 Å². The lowest BCUT2D eigenvalue weighted by Crippen LogP contribution is -1.97. The third kappa shape index (κ3) is 2.33. The largest absolute Gasteiger partial charge is 0.0622 e. The Balaban J connectivity index is 2.34. The van der Waals surface area contributed by atoms with Gasteiger partial charge < -0.3 is 0 Å². The topological polar surface area (TPSA) is 0 Å². The second-order valence-corrected chi connectivity index (χ2v) is 4.23. The van der Waals surface area contributed by atoms with Crippen LogP contribution in [-0.2, 0) is 12.8 Å². The Morgan fingerprint density at radius 3 is 2.31 bits per heavy atom. The summed E-state index contributed by atoms with van der Waals surface area (Å²) in [4.78, 5) is 0. The van der Waals surface area contributed by atoms with Crippen LogP contribution in [-0.4, -0.2) is 0 Å². The molecule has 0 amide bonds. The molecule has 2 aromatic rings. The maximum atomic E-state index is 2.24. The summed E-state index contributed by atoms with van der Waals surface area (Å²) in [6.45, 7) is 4.43. The molecule has 16 heavy (non-hydrogen) atoms. The number of aryl methyl sites for hydroxylation is 2. The van der Waals surface area contributed by atoms with Gasteiger partial charge in [0, 0.05) is 0 Å². The van der Waals surface area contributed by atoms with Gasteiger partial charge in [-0.1, -0.05) is 55.5 Å². The molecule has 2 rings (SSSR count). The van der Waals surface area contributed by atoms with Gasteiger partial charge in [-0.3, -0.25) is 0 Å². The maximum absolute atomic E-state index is 2.24. The van der Waals surface area contributed by atoms with E-state index in [1.54, 1.807) is 0 Å². The molecule has 0 heteroatoms. The van der Waals surface area contributed by atoms with Crippen LogP contribution in [0.25, 0.3) is 0 Å². The molecule has 0 atom stereocenters. The minimum atomic E-state index is 1.05. The highest BCUT2D eigenvalue weighted by molar-refractivity contribution is 5.38. The Hall–Kier alpha value is -1.56. The quantitative estimate of drug-likeness (QED) is 0.714. The van der Waals surface area contributed by atoms with Crippen molar-refractivity contribution in [2.75, 3.05) is 0 Å². The highest BCUT2D eigenvalue weighted by Crippen LogP contribution is 2.18. The number of hydrogen-bond donors (Lipinski definition) is 0. The molecule has 0 heterocycles. The molecule has 0 unspecified atom stereocenters. The molecule has 0 aromatic heterocycles. The Morgan fingerprint density at radius 1 is 0.875 bits per heavy atom. The lowest BCUT2D eigenvalue weighted by atomic mass is 9.94. The predicted molar refractivity (Wildman–Crippen MR) is 69.8 cm³/mol. The van der Waals surface area contributed by atoms with E-state index < -0.39 is 0 Å². The summed E-state index contributed by atoms with van der Waals surface area (Å²) in [5.41, 5.74) is 5.77. The van der Waals surface area contributed by atoms with Gasteiger partial charge in [-0.2, -0.15) is 0 Å². The number of hydrogen-bond acceptors (Lipinski definition) is 0. The first-order chi connectivity index (χ1) is 7.81. The normalized spacial score (nSPS) is 10.4. The van der Waals surface area contributed by atoms with Crippen molar-refractivity contribution in [1.29, 1.82) is 0 Å². The van der Waals surface area contributed by atoms with Crippen molar-refractivity contribution in [3.63, 3.8) is 0 Å². The van der Waals surface area contributed by atoms with Crippen molar-refractivity contribution < 1.29 is 0 Å². The van der Waals surface area contributed by atoms with E-state index in [1.165, 1.54) is 22.3 Å². The summed E-state index contributed by atoms with van der Waals surface area (Å²) >= 11 is 0. The van der Waals surface area contributed by atoms with Gasteiger partial charge in [0.1, 0.15) is 0 Å². The second-order valence-electron chi connectivity index (χ2n) is 4.23. The molecule has 0 saturated heterocycles. The summed E-state index contributed by atoms with van der Waals surface area (Å²) in [6, 6.07) is 17.3. The average Bonchev–Trinajstić information content (AvgIpc) is 2.33. The molecule has 0 bridgehead atoms. The van der Waals surface area contributed by atoms with Crippen LogP contribution in [0.5, 0.6) is 0 Å². The van der Waals surface area contributed by atoms with Crippen molar-refractivity contribution in [2.45, 2.75) is 26.7 Å². The van der Waals surface area contributed by atoms with Crippen molar-refractivity contribution in [3.05, 3.63) is 70.8 Å². The van der Waals surface area contributed by atoms with Crippen LogP contribution in [0.15, 0.2) is 48.5 Å². The van der Waals surface area contributed by atoms with Gasteiger partial charge in [0.05, 0.1) is 0 Å². The highest BCUT2D eigenvalue weighted by Gasteiger charge is 2.04. The third-order valence-electron chi connectivity index (χ3n) is 3.11. The lowest BCUT2D eigenvalue weighted by Gasteiger charge is -2.11. The average molecular weight is 210 g/mol. The molecule has 0 nitrogen and oxygen atoms in total. The van der Waals surface area contributed by atoms with E-state index in [0.29, 0.717) is 0 Å². The molecule has 0 radical (unpaired) electrons. The minimum absolute atomic E-state index is 1.05. The van der Waals surface area contributed by atoms with Crippen LogP contribution in [0, 0.1) is 6.92 Å². The van der Waals surface area contributed by atoms with Crippen molar-refractivity contribution in [3.8, 4) is 0 Å². The first-order valence-corrected chi connectivity index (χ1v) is 5.92. The zero-order chi connectivity index (χ0) is 11.4. The maximum Gasteiger partial charge on any atom is -0.00204 e. The molecule has 0 N–H and O–H groups in total. The number of benzene rings is 2. The molecule has 0 spiro atoms. The Morgan fingerprint density at radius 2 is 1.62 bits per heavy atom. The van der Waals surface area contributed by atoms with Crippen LogP contribution in [0.3, 0.4) is 0 Å². The molecular weight excluding hydrogens is 192 g/mol. The smallest absolute Gasteiger partial charge is 0.00204 e.